The van der Waals surface area contributed by atoms with Crippen molar-refractivity contribution in [3.8, 4) is 0 Å². The summed E-state index contributed by atoms with van der Waals surface area (Å²) >= 11 is 3.61. The Bertz CT molecular complexity index is 318. The van der Waals surface area contributed by atoms with Crippen molar-refractivity contribution in [3.05, 3.63) is 21.0 Å². The minimum Gasteiger partial charge on any atom is -0.392 e. The van der Waals surface area contributed by atoms with Gasteiger partial charge < -0.3 is 5.73 Å². The Balaban J connectivity index is 2.19. The van der Waals surface area contributed by atoms with Gasteiger partial charge in [-0.15, -0.1) is 11.8 Å². The number of allylic oxidation sites excluding steroid dienone is 2. The lowest BCUT2D eigenvalue weighted by Gasteiger charge is -2.11. The summed E-state index contributed by atoms with van der Waals surface area (Å²) in [6.07, 6.45) is 6.19. The molecule has 0 spiro atoms. The molecular formula is C10H14N2S2. The molecule has 0 amide bonds. The molecule has 0 saturated heterocycles. The predicted molar refractivity (Wildman–Crippen MR) is 66.2 cm³/mol. The summed E-state index contributed by atoms with van der Waals surface area (Å²) in [7, 11) is 0. The van der Waals surface area contributed by atoms with Crippen LogP contribution in [-0.4, -0.2) is 12.0 Å². The molecule has 14 heavy (non-hydrogen) atoms. The molecule has 76 valence electrons. The maximum atomic E-state index is 5.82. The molecule has 0 fully saturated rings. The zero-order valence-electron chi connectivity index (χ0n) is 8.19. The van der Waals surface area contributed by atoms with Gasteiger partial charge in [0.25, 0.3) is 0 Å². The van der Waals surface area contributed by atoms with Gasteiger partial charge in [0.15, 0.2) is 0 Å². The van der Waals surface area contributed by atoms with Crippen molar-refractivity contribution in [2.24, 2.45) is 16.6 Å². The zero-order chi connectivity index (χ0) is 9.97. The third-order valence-corrected chi connectivity index (χ3v) is 4.76. The number of rotatable bonds is 2. The van der Waals surface area contributed by atoms with Crippen LogP contribution in [0, 0.1) is 5.92 Å². The van der Waals surface area contributed by atoms with Crippen molar-refractivity contribution >= 4 is 29.7 Å². The van der Waals surface area contributed by atoms with E-state index in [9.17, 15) is 0 Å². The van der Waals surface area contributed by atoms with Crippen molar-refractivity contribution in [1.82, 2.24) is 0 Å². The van der Waals surface area contributed by atoms with Gasteiger partial charge in [-0.05, 0) is 6.42 Å². The first-order valence-electron chi connectivity index (χ1n) is 4.85. The topological polar surface area (TPSA) is 38.4 Å². The van der Waals surface area contributed by atoms with Crippen LogP contribution in [0.4, 0.5) is 0 Å². The Morgan fingerprint density at radius 3 is 3.29 bits per heavy atom. The van der Waals surface area contributed by atoms with Crippen LogP contribution in [0.15, 0.2) is 26.0 Å². The standard InChI is InChI=1S/C10H14N2S2/c1-2-3-7-6-13-8-4-12-5-9(11)14-10(7)8/h4-5,7H,2-3,6,11H2,1H3. The van der Waals surface area contributed by atoms with E-state index in [4.69, 9.17) is 5.73 Å². The van der Waals surface area contributed by atoms with Crippen molar-refractivity contribution in [3.63, 3.8) is 0 Å². The summed E-state index contributed by atoms with van der Waals surface area (Å²) < 4.78 is 0. The second kappa shape index (κ2) is 4.45. The second-order valence-electron chi connectivity index (χ2n) is 3.44. The van der Waals surface area contributed by atoms with Crippen LogP contribution >= 0.6 is 23.5 Å². The fourth-order valence-corrected chi connectivity index (χ4v) is 4.12. The van der Waals surface area contributed by atoms with E-state index in [2.05, 4.69) is 11.9 Å². The SMILES string of the molecule is CCCC1CSC2=C1SC(N)=CN=C2. The smallest absolute Gasteiger partial charge is 0.0887 e. The van der Waals surface area contributed by atoms with E-state index in [-0.39, 0.29) is 0 Å². The quantitative estimate of drug-likeness (QED) is 0.786. The molecule has 0 aliphatic carbocycles. The monoisotopic (exact) mass is 226 g/mol. The molecular weight excluding hydrogens is 212 g/mol. The fourth-order valence-electron chi connectivity index (χ4n) is 1.67. The van der Waals surface area contributed by atoms with Crippen molar-refractivity contribution in [1.29, 1.82) is 0 Å². The van der Waals surface area contributed by atoms with E-state index >= 15 is 0 Å². The lowest BCUT2D eigenvalue weighted by molar-refractivity contribution is 0.641. The highest BCUT2D eigenvalue weighted by molar-refractivity contribution is 8.10. The first-order valence-corrected chi connectivity index (χ1v) is 6.65. The molecule has 2 N–H and O–H groups in total. The molecule has 2 aliphatic heterocycles. The van der Waals surface area contributed by atoms with Crippen molar-refractivity contribution < 1.29 is 0 Å². The highest BCUT2D eigenvalue weighted by Gasteiger charge is 2.26. The molecule has 1 unspecified atom stereocenters. The maximum absolute atomic E-state index is 5.82. The Morgan fingerprint density at radius 1 is 1.64 bits per heavy atom. The van der Waals surface area contributed by atoms with E-state index < -0.39 is 0 Å². The second-order valence-corrected chi connectivity index (χ2v) is 5.61. The van der Waals surface area contributed by atoms with E-state index in [1.807, 2.05) is 18.0 Å². The van der Waals surface area contributed by atoms with E-state index in [0.29, 0.717) is 5.92 Å². The van der Waals surface area contributed by atoms with E-state index in [1.165, 1.54) is 28.4 Å². The van der Waals surface area contributed by atoms with Gasteiger partial charge in [-0.25, -0.2) is 0 Å². The van der Waals surface area contributed by atoms with Gasteiger partial charge in [0, 0.05) is 27.7 Å². The molecule has 0 aromatic rings. The molecule has 2 aliphatic rings. The van der Waals surface area contributed by atoms with Crippen LogP contribution in [0.2, 0.25) is 0 Å². The Hall–Kier alpha value is -0.350. The molecule has 0 saturated carbocycles. The number of hydrogen-bond acceptors (Lipinski definition) is 4. The number of nitrogens with two attached hydrogens (primary N) is 1. The van der Waals surface area contributed by atoms with Gasteiger partial charge in [0.05, 0.1) is 11.2 Å². The number of thioether (sulfide) groups is 2. The van der Waals surface area contributed by atoms with Crippen LogP contribution < -0.4 is 5.73 Å². The minimum atomic E-state index is 0.696. The van der Waals surface area contributed by atoms with Gasteiger partial charge in [-0.3, -0.25) is 4.99 Å². The van der Waals surface area contributed by atoms with Crippen LogP contribution in [0.1, 0.15) is 19.8 Å². The molecule has 2 rings (SSSR count). The maximum Gasteiger partial charge on any atom is 0.0887 e. The molecule has 0 radical (unpaired) electrons. The van der Waals surface area contributed by atoms with Gasteiger partial charge in [-0.2, -0.15) is 0 Å². The average Bonchev–Trinajstić information content (AvgIpc) is 2.44. The molecule has 0 aromatic heterocycles. The largest absolute Gasteiger partial charge is 0.392 e. The highest BCUT2D eigenvalue weighted by Crippen LogP contribution is 2.45. The predicted octanol–water partition coefficient (Wildman–Crippen LogP) is 2.94. The van der Waals surface area contributed by atoms with Crippen molar-refractivity contribution in [2.75, 3.05) is 5.75 Å². The molecule has 4 heteroatoms. The summed E-state index contributed by atoms with van der Waals surface area (Å²) in [5, 5.41) is 0.815. The van der Waals surface area contributed by atoms with Crippen LogP contribution in [0.3, 0.4) is 0 Å². The van der Waals surface area contributed by atoms with Crippen LogP contribution in [0.5, 0.6) is 0 Å². The summed E-state index contributed by atoms with van der Waals surface area (Å²) in [5.41, 5.74) is 5.82. The van der Waals surface area contributed by atoms with Gasteiger partial charge >= 0.3 is 0 Å². The van der Waals surface area contributed by atoms with Gasteiger partial charge in [-0.1, -0.05) is 25.1 Å². The summed E-state index contributed by atoms with van der Waals surface area (Å²) in [6, 6.07) is 0. The molecule has 2 nitrogen and oxygen atoms in total. The lowest BCUT2D eigenvalue weighted by atomic mass is 10.1. The zero-order valence-corrected chi connectivity index (χ0v) is 9.83. The third-order valence-electron chi connectivity index (χ3n) is 2.31. The Kier molecular flexibility index (Phi) is 3.23. The Morgan fingerprint density at radius 2 is 2.50 bits per heavy atom. The number of nitrogens with zero attached hydrogens (tertiary/aromatic N) is 1. The lowest BCUT2D eigenvalue weighted by Crippen LogP contribution is -2.02. The van der Waals surface area contributed by atoms with Crippen LogP contribution in [0.25, 0.3) is 0 Å². The average molecular weight is 226 g/mol. The van der Waals surface area contributed by atoms with Gasteiger partial charge in [0.1, 0.15) is 0 Å². The summed E-state index contributed by atoms with van der Waals surface area (Å²) in [5.74, 6) is 1.90. The Labute approximate surface area is 93.1 Å². The van der Waals surface area contributed by atoms with Crippen molar-refractivity contribution in [2.45, 2.75) is 19.8 Å². The van der Waals surface area contributed by atoms with Gasteiger partial charge in [0.2, 0.25) is 0 Å². The number of aliphatic imine (C=N–C) groups is 1. The van der Waals surface area contributed by atoms with Crippen LogP contribution in [-0.2, 0) is 0 Å². The first kappa shape index (κ1) is 10.2. The fraction of sp³-hybridized carbons (Fsp3) is 0.500. The molecule has 0 aromatic carbocycles. The van der Waals surface area contributed by atoms with E-state index in [1.54, 1.807) is 18.0 Å². The number of hydrogen-bond donors (Lipinski definition) is 1. The minimum absolute atomic E-state index is 0.696. The third kappa shape index (κ3) is 2.01. The molecule has 0 bridgehead atoms. The highest BCUT2D eigenvalue weighted by atomic mass is 32.2. The summed E-state index contributed by atoms with van der Waals surface area (Å²) in [6.45, 7) is 2.23. The van der Waals surface area contributed by atoms with E-state index in [0.717, 1.165) is 5.03 Å². The molecule has 2 heterocycles. The summed E-state index contributed by atoms with van der Waals surface area (Å²) in [4.78, 5) is 6.94. The molecule has 1 atom stereocenters. The first-order chi connectivity index (χ1) is 6.81. The normalized spacial score (nSPS) is 26.1.